The van der Waals surface area contributed by atoms with Crippen molar-refractivity contribution in [2.45, 2.75) is 6.92 Å². The Kier molecular flexibility index (Phi) is 3.46. The molecular weight excluding hydrogens is 332 g/mol. The van der Waals surface area contributed by atoms with Crippen molar-refractivity contribution in [2.75, 3.05) is 5.73 Å². The van der Waals surface area contributed by atoms with Crippen molar-refractivity contribution in [1.29, 1.82) is 0 Å². The highest BCUT2D eigenvalue weighted by Crippen LogP contribution is 2.37. The number of carbonyl (C=O) groups excluding carboxylic acids is 1. The monoisotopic (exact) mass is 336 g/mol. The fourth-order valence-corrected chi connectivity index (χ4v) is 2.48. The number of nitrogens with zero attached hydrogens (tertiary/aromatic N) is 1. The minimum Gasteiger partial charge on any atom is -0.397 e. The third-order valence-corrected chi connectivity index (χ3v) is 3.26. The number of Topliss-reactive ketones (excluding diaryl/α,β-unsaturated/α-hetero) is 1. The number of anilines is 1. The molecule has 0 aliphatic carbocycles. The Hall–Kier alpha value is -0.950. The third kappa shape index (κ3) is 2.18. The zero-order chi connectivity index (χ0) is 11.7. The molecule has 7 heteroatoms. The highest BCUT2D eigenvalue weighted by atomic mass is 79.9. The molecule has 0 amide bonds. The lowest BCUT2D eigenvalue weighted by molar-refractivity contribution is -0.385. The standard InChI is InChI=1S/C8H6Br2N2O3/c1-3(13)6-5(12(14)15)2-4(9)8(11)7(6)10/h2H,11H2,1H3. The van der Waals surface area contributed by atoms with Crippen molar-refractivity contribution in [2.24, 2.45) is 0 Å². The molecule has 0 aliphatic heterocycles. The number of nitro benzene ring substituents is 1. The molecule has 0 bridgehead atoms. The van der Waals surface area contributed by atoms with Gasteiger partial charge < -0.3 is 5.73 Å². The minimum absolute atomic E-state index is 0.0132. The van der Waals surface area contributed by atoms with Crippen molar-refractivity contribution in [3.05, 3.63) is 30.7 Å². The van der Waals surface area contributed by atoms with Gasteiger partial charge in [0.15, 0.2) is 5.78 Å². The third-order valence-electron chi connectivity index (χ3n) is 1.78. The second-order valence-corrected chi connectivity index (χ2v) is 4.44. The van der Waals surface area contributed by atoms with Crippen LogP contribution in [-0.2, 0) is 0 Å². The quantitative estimate of drug-likeness (QED) is 0.389. The summed E-state index contributed by atoms with van der Waals surface area (Å²) in [6, 6.07) is 1.22. The Bertz CT molecular complexity index is 460. The summed E-state index contributed by atoms with van der Waals surface area (Å²) >= 11 is 6.15. The highest BCUT2D eigenvalue weighted by molar-refractivity contribution is 9.11. The molecule has 15 heavy (non-hydrogen) atoms. The molecule has 5 nitrogen and oxygen atoms in total. The van der Waals surface area contributed by atoms with Crippen molar-refractivity contribution < 1.29 is 9.72 Å². The van der Waals surface area contributed by atoms with Crippen LogP contribution in [0.3, 0.4) is 0 Å². The summed E-state index contributed by atoms with van der Waals surface area (Å²) in [6.45, 7) is 1.25. The summed E-state index contributed by atoms with van der Waals surface area (Å²) in [6.07, 6.45) is 0. The lowest BCUT2D eigenvalue weighted by Crippen LogP contribution is -2.04. The molecule has 0 heterocycles. The van der Waals surface area contributed by atoms with Crippen LogP contribution in [0.2, 0.25) is 0 Å². The lowest BCUT2D eigenvalue weighted by atomic mass is 10.1. The first-order chi connectivity index (χ1) is 6.86. The molecule has 0 saturated heterocycles. The van der Waals surface area contributed by atoms with Crippen molar-refractivity contribution in [3.63, 3.8) is 0 Å². The zero-order valence-corrected chi connectivity index (χ0v) is 10.8. The van der Waals surface area contributed by atoms with Crippen LogP contribution in [-0.4, -0.2) is 10.7 Å². The summed E-state index contributed by atoms with van der Waals surface area (Å²) in [4.78, 5) is 21.3. The largest absolute Gasteiger partial charge is 0.397 e. The maximum Gasteiger partial charge on any atom is 0.282 e. The first-order valence-electron chi connectivity index (χ1n) is 3.79. The Morgan fingerprint density at radius 1 is 1.53 bits per heavy atom. The molecule has 0 spiro atoms. The van der Waals surface area contributed by atoms with Gasteiger partial charge in [-0.3, -0.25) is 14.9 Å². The van der Waals surface area contributed by atoms with E-state index in [0.717, 1.165) is 0 Å². The molecule has 80 valence electrons. The molecule has 0 radical (unpaired) electrons. The summed E-state index contributed by atoms with van der Waals surface area (Å²) < 4.78 is 0.627. The van der Waals surface area contributed by atoms with E-state index in [0.29, 0.717) is 4.47 Å². The van der Waals surface area contributed by atoms with E-state index in [4.69, 9.17) is 5.73 Å². The van der Waals surface area contributed by atoms with E-state index in [1.165, 1.54) is 13.0 Å². The van der Waals surface area contributed by atoms with Crippen LogP contribution in [0.5, 0.6) is 0 Å². The molecule has 1 rings (SSSR count). The number of rotatable bonds is 2. The van der Waals surface area contributed by atoms with E-state index in [1.54, 1.807) is 0 Å². The van der Waals surface area contributed by atoms with Crippen LogP contribution in [0, 0.1) is 10.1 Å². The second kappa shape index (κ2) is 4.28. The number of hydrogen-bond donors (Lipinski definition) is 1. The van der Waals surface area contributed by atoms with E-state index >= 15 is 0 Å². The van der Waals surface area contributed by atoms with Crippen LogP contribution < -0.4 is 5.73 Å². The zero-order valence-electron chi connectivity index (χ0n) is 7.58. The Labute approximate surface area is 102 Å². The maximum atomic E-state index is 11.2. The summed E-state index contributed by atoms with van der Waals surface area (Å²) in [5, 5.41) is 10.7. The molecule has 1 aromatic rings. The average Bonchev–Trinajstić information content (AvgIpc) is 2.12. The summed E-state index contributed by atoms with van der Waals surface area (Å²) in [5.74, 6) is -0.409. The van der Waals surface area contributed by atoms with Gasteiger partial charge in [-0.2, -0.15) is 0 Å². The molecule has 0 atom stereocenters. The molecule has 0 fully saturated rings. The van der Waals surface area contributed by atoms with Crippen LogP contribution in [0.4, 0.5) is 11.4 Å². The Balaban J connectivity index is 3.65. The fourth-order valence-electron chi connectivity index (χ4n) is 1.10. The van der Waals surface area contributed by atoms with Gasteiger partial charge in [0.05, 0.1) is 15.1 Å². The predicted octanol–water partition coefficient (Wildman–Crippen LogP) is 2.90. The van der Waals surface area contributed by atoms with E-state index < -0.39 is 10.7 Å². The SMILES string of the molecule is CC(=O)c1c([N+](=O)[O-])cc(Br)c(N)c1Br. The van der Waals surface area contributed by atoms with Gasteiger partial charge in [0.25, 0.3) is 5.69 Å². The highest BCUT2D eigenvalue weighted by Gasteiger charge is 2.24. The molecule has 1 aromatic carbocycles. The molecule has 0 saturated carbocycles. The minimum atomic E-state index is -0.619. The fraction of sp³-hybridized carbons (Fsp3) is 0.125. The van der Waals surface area contributed by atoms with Gasteiger partial charge in [0.1, 0.15) is 5.56 Å². The van der Waals surface area contributed by atoms with Gasteiger partial charge in [0.2, 0.25) is 0 Å². The maximum absolute atomic E-state index is 11.2. The van der Waals surface area contributed by atoms with Crippen LogP contribution >= 0.6 is 31.9 Å². The Morgan fingerprint density at radius 3 is 2.47 bits per heavy atom. The number of benzene rings is 1. The first-order valence-corrected chi connectivity index (χ1v) is 5.37. The normalized spacial score (nSPS) is 10.1. The number of ketones is 1. The smallest absolute Gasteiger partial charge is 0.282 e. The number of carbonyl (C=O) groups is 1. The molecule has 2 N–H and O–H groups in total. The number of nitrogens with two attached hydrogens (primary N) is 1. The Morgan fingerprint density at radius 2 is 2.07 bits per heavy atom. The van der Waals surface area contributed by atoms with Crippen molar-refractivity contribution in [3.8, 4) is 0 Å². The molecule has 0 aliphatic rings. The molecular formula is C8H6Br2N2O3. The number of nitro groups is 1. The molecule has 0 unspecified atom stereocenters. The van der Waals surface area contributed by atoms with Gasteiger partial charge in [-0.1, -0.05) is 0 Å². The predicted molar refractivity (Wildman–Crippen MR) is 62.9 cm³/mol. The van der Waals surface area contributed by atoms with E-state index in [-0.39, 0.29) is 21.4 Å². The van der Waals surface area contributed by atoms with Crippen LogP contribution in [0.15, 0.2) is 15.0 Å². The van der Waals surface area contributed by atoms with Gasteiger partial charge >= 0.3 is 0 Å². The second-order valence-electron chi connectivity index (χ2n) is 2.79. The summed E-state index contributed by atoms with van der Waals surface area (Å²) in [5.41, 5.74) is 5.61. The van der Waals surface area contributed by atoms with Gasteiger partial charge in [-0.15, -0.1) is 0 Å². The van der Waals surface area contributed by atoms with E-state index in [9.17, 15) is 14.9 Å². The van der Waals surface area contributed by atoms with E-state index in [1.807, 2.05) is 0 Å². The molecule has 0 aromatic heterocycles. The van der Waals surface area contributed by atoms with Crippen LogP contribution in [0.25, 0.3) is 0 Å². The summed E-state index contributed by atoms with van der Waals surface area (Å²) in [7, 11) is 0. The number of nitrogen functional groups attached to an aromatic ring is 1. The van der Waals surface area contributed by atoms with E-state index in [2.05, 4.69) is 31.9 Å². The van der Waals surface area contributed by atoms with Crippen molar-refractivity contribution >= 4 is 49.0 Å². The van der Waals surface area contributed by atoms with Gasteiger partial charge in [0, 0.05) is 10.5 Å². The average molecular weight is 338 g/mol. The number of hydrogen-bond acceptors (Lipinski definition) is 4. The van der Waals surface area contributed by atoms with Gasteiger partial charge in [-0.25, -0.2) is 0 Å². The first kappa shape index (κ1) is 12.1. The lowest BCUT2D eigenvalue weighted by Gasteiger charge is -2.06. The van der Waals surface area contributed by atoms with Crippen molar-refractivity contribution in [1.82, 2.24) is 0 Å². The number of halogens is 2. The topological polar surface area (TPSA) is 86.2 Å². The van der Waals surface area contributed by atoms with Gasteiger partial charge in [-0.05, 0) is 38.8 Å². The van der Waals surface area contributed by atoms with Crippen LogP contribution in [0.1, 0.15) is 17.3 Å².